The molecule has 126 valence electrons. The predicted octanol–water partition coefficient (Wildman–Crippen LogP) is 4.67. The molecule has 0 spiro atoms. The van der Waals surface area contributed by atoms with E-state index in [2.05, 4.69) is 12.2 Å². The molecule has 3 rings (SSSR count). The lowest BCUT2D eigenvalue weighted by molar-refractivity contribution is 0.170. The topological polar surface area (TPSA) is 41.6 Å². The molecule has 1 atom stereocenters. The number of hydrogen-bond acceptors (Lipinski definition) is 2. The number of amides is 2. The van der Waals surface area contributed by atoms with Crippen LogP contribution in [-0.2, 0) is 6.61 Å². The smallest absolute Gasteiger partial charge is 0.322 e. The van der Waals surface area contributed by atoms with Crippen LogP contribution in [0.5, 0.6) is 5.75 Å². The standard InChI is InChI=1S/C20H24N2O2/c1-16-7-5-6-14-22(16)20(23)21-18-10-12-19(13-11-18)24-15-17-8-3-2-4-9-17/h2-4,8-13,16H,5-7,14-15H2,1H3,(H,21,23). The van der Waals surface area contributed by atoms with E-state index in [1.807, 2.05) is 59.5 Å². The first-order valence-corrected chi connectivity index (χ1v) is 8.57. The van der Waals surface area contributed by atoms with Crippen LogP contribution in [0.2, 0.25) is 0 Å². The predicted molar refractivity (Wildman–Crippen MR) is 96.3 cm³/mol. The van der Waals surface area contributed by atoms with Crippen molar-refractivity contribution in [3.05, 3.63) is 60.2 Å². The van der Waals surface area contributed by atoms with Crippen molar-refractivity contribution in [1.82, 2.24) is 4.90 Å². The molecule has 0 radical (unpaired) electrons. The Bertz CT molecular complexity index is 655. The van der Waals surface area contributed by atoms with E-state index in [0.29, 0.717) is 12.6 Å². The number of carbonyl (C=O) groups is 1. The molecular weight excluding hydrogens is 300 g/mol. The number of piperidine rings is 1. The van der Waals surface area contributed by atoms with E-state index in [0.717, 1.165) is 36.4 Å². The zero-order chi connectivity index (χ0) is 16.8. The van der Waals surface area contributed by atoms with Crippen molar-refractivity contribution in [2.75, 3.05) is 11.9 Å². The van der Waals surface area contributed by atoms with E-state index >= 15 is 0 Å². The maximum absolute atomic E-state index is 12.4. The van der Waals surface area contributed by atoms with Gasteiger partial charge >= 0.3 is 6.03 Å². The van der Waals surface area contributed by atoms with E-state index in [1.54, 1.807) is 0 Å². The minimum absolute atomic E-state index is 0.0137. The van der Waals surface area contributed by atoms with Gasteiger partial charge in [-0.3, -0.25) is 0 Å². The molecule has 4 heteroatoms. The number of hydrogen-bond donors (Lipinski definition) is 1. The molecule has 1 unspecified atom stereocenters. The summed E-state index contributed by atoms with van der Waals surface area (Å²) in [6, 6.07) is 17.9. The highest BCUT2D eigenvalue weighted by molar-refractivity contribution is 5.89. The van der Waals surface area contributed by atoms with Gasteiger partial charge in [0.1, 0.15) is 12.4 Å². The molecule has 0 aromatic heterocycles. The molecule has 1 fully saturated rings. The molecule has 1 heterocycles. The summed E-state index contributed by atoms with van der Waals surface area (Å²) in [6.45, 7) is 3.49. The van der Waals surface area contributed by atoms with Crippen LogP contribution >= 0.6 is 0 Å². The van der Waals surface area contributed by atoms with Gasteiger partial charge in [0.15, 0.2) is 0 Å². The van der Waals surface area contributed by atoms with E-state index in [-0.39, 0.29) is 6.03 Å². The molecular formula is C20H24N2O2. The Morgan fingerprint density at radius 1 is 1.12 bits per heavy atom. The van der Waals surface area contributed by atoms with Crippen LogP contribution in [0.25, 0.3) is 0 Å². The van der Waals surface area contributed by atoms with Crippen molar-refractivity contribution < 1.29 is 9.53 Å². The second kappa shape index (κ2) is 7.86. The summed E-state index contributed by atoms with van der Waals surface area (Å²) >= 11 is 0. The lowest BCUT2D eigenvalue weighted by Crippen LogP contribution is -2.44. The van der Waals surface area contributed by atoms with Gasteiger partial charge in [-0.1, -0.05) is 30.3 Å². The number of ether oxygens (including phenoxy) is 1. The van der Waals surface area contributed by atoms with Crippen LogP contribution in [0.15, 0.2) is 54.6 Å². The SMILES string of the molecule is CC1CCCCN1C(=O)Nc1ccc(OCc2ccccc2)cc1. The molecule has 0 aliphatic carbocycles. The number of anilines is 1. The average molecular weight is 324 g/mol. The van der Waals surface area contributed by atoms with Crippen molar-refractivity contribution in [3.8, 4) is 5.75 Å². The van der Waals surface area contributed by atoms with E-state index < -0.39 is 0 Å². The average Bonchev–Trinajstić information content (AvgIpc) is 2.62. The van der Waals surface area contributed by atoms with Crippen LogP contribution in [0.3, 0.4) is 0 Å². The third kappa shape index (κ3) is 4.28. The normalized spacial score (nSPS) is 17.4. The summed E-state index contributed by atoms with van der Waals surface area (Å²) in [5.74, 6) is 0.795. The lowest BCUT2D eigenvalue weighted by Gasteiger charge is -2.33. The second-order valence-corrected chi connectivity index (χ2v) is 6.27. The molecule has 2 aromatic carbocycles. The number of rotatable bonds is 4. The summed E-state index contributed by atoms with van der Waals surface area (Å²) in [6.07, 6.45) is 3.38. The Hall–Kier alpha value is -2.49. The fraction of sp³-hybridized carbons (Fsp3) is 0.350. The molecule has 4 nitrogen and oxygen atoms in total. The number of carbonyl (C=O) groups excluding carboxylic acids is 1. The van der Waals surface area contributed by atoms with Crippen molar-refractivity contribution in [1.29, 1.82) is 0 Å². The molecule has 1 aliphatic rings. The highest BCUT2D eigenvalue weighted by Gasteiger charge is 2.22. The van der Waals surface area contributed by atoms with Crippen molar-refractivity contribution >= 4 is 11.7 Å². The fourth-order valence-electron chi connectivity index (χ4n) is 2.97. The third-order valence-electron chi connectivity index (χ3n) is 4.42. The summed E-state index contributed by atoms with van der Waals surface area (Å²) in [5.41, 5.74) is 1.93. The minimum Gasteiger partial charge on any atom is -0.489 e. The van der Waals surface area contributed by atoms with Gasteiger partial charge in [-0.25, -0.2) is 4.79 Å². The summed E-state index contributed by atoms with van der Waals surface area (Å²) in [5, 5.41) is 2.97. The van der Waals surface area contributed by atoms with Gasteiger partial charge in [0.05, 0.1) is 0 Å². The summed E-state index contributed by atoms with van der Waals surface area (Å²) in [7, 11) is 0. The number of nitrogens with one attached hydrogen (secondary N) is 1. The van der Waals surface area contributed by atoms with Gasteiger partial charge < -0.3 is 15.0 Å². The summed E-state index contributed by atoms with van der Waals surface area (Å²) in [4.78, 5) is 14.3. The molecule has 1 aliphatic heterocycles. The fourth-order valence-corrected chi connectivity index (χ4v) is 2.97. The van der Waals surface area contributed by atoms with Crippen molar-refractivity contribution in [3.63, 3.8) is 0 Å². The van der Waals surface area contributed by atoms with Crippen LogP contribution in [0.1, 0.15) is 31.7 Å². The molecule has 0 bridgehead atoms. The number of nitrogens with zero attached hydrogens (tertiary/aromatic N) is 1. The van der Waals surface area contributed by atoms with E-state index in [9.17, 15) is 4.79 Å². The monoisotopic (exact) mass is 324 g/mol. The zero-order valence-corrected chi connectivity index (χ0v) is 14.1. The number of likely N-dealkylation sites (tertiary alicyclic amines) is 1. The highest BCUT2D eigenvalue weighted by atomic mass is 16.5. The van der Waals surface area contributed by atoms with Crippen molar-refractivity contribution in [2.24, 2.45) is 0 Å². The van der Waals surface area contributed by atoms with E-state index in [1.165, 1.54) is 6.42 Å². The minimum atomic E-state index is -0.0137. The van der Waals surface area contributed by atoms with Gasteiger partial charge in [-0.15, -0.1) is 0 Å². The first-order valence-electron chi connectivity index (χ1n) is 8.57. The second-order valence-electron chi connectivity index (χ2n) is 6.27. The van der Waals surface area contributed by atoms with Gasteiger partial charge in [-0.2, -0.15) is 0 Å². The Morgan fingerprint density at radius 3 is 2.58 bits per heavy atom. The van der Waals surface area contributed by atoms with Crippen LogP contribution in [-0.4, -0.2) is 23.5 Å². The summed E-state index contributed by atoms with van der Waals surface area (Å²) < 4.78 is 5.76. The molecule has 24 heavy (non-hydrogen) atoms. The van der Waals surface area contributed by atoms with Gasteiger partial charge in [0.25, 0.3) is 0 Å². The Balaban J connectivity index is 1.53. The largest absolute Gasteiger partial charge is 0.489 e. The Kier molecular flexibility index (Phi) is 5.36. The maximum Gasteiger partial charge on any atom is 0.322 e. The van der Waals surface area contributed by atoms with Gasteiger partial charge in [0, 0.05) is 18.3 Å². The molecule has 2 aromatic rings. The highest BCUT2D eigenvalue weighted by Crippen LogP contribution is 2.20. The first-order chi connectivity index (χ1) is 11.7. The first kappa shape index (κ1) is 16.4. The third-order valence-corrected chi connectivity index (χ3v) is 4.42. The van der Waals surface area contributed by atoms with Crippen molar-refractivity contribution in [2.45, 2.75) is 38.8 Å². The maximum atomic E-state index is 12.4. The molecule has 1 saturated heterocycles. The van der Waals surface area contributed by atoms with Gasteiger partial charge in [0.2, 0.25) is 0 Å². The molecule has 1 N–H and O–H groups in total. The number of benzene rings is 2. The van der Waals surface area contributed by atoms with Crippen LogP contribution in [0.4, 0.5) is 10.5 Å². The quantitative estimate of drug-likeness (QED) is 0.888. The van der Waals surface area contributed by atoms with Crippen LogP contribution < -0.4 is 10.1 Å². The zero-order valence-electron chi connectivity index (χ0n) is 14.1. The van der Waals surface area contributed by atoms with Crippen LogP contribution in [0, 0.1) is 0 Å². The molecule has 2 amide bonds. The number of urea groups is 1. The Morgan fingerprint density at radius 2 is 1.88 bits per heavy atom. The van der Waals surface area contributed by atoms with E-state index in [4.69, 9.17) is 4.74 Å². The molecule has 0 saturated carbocycles. The van der Waals surface area contributed by atoms with Gasteiger partial charge in [-0.05, 0) is 56.0 Å². The Labute approximate surface area is 143 Å². The lowest BCUT2D eigenvalue weighted by atomic mass is 10.0.